The molecule has 1 aromatic heterocycles. The Morgan fingerprint density at radius 1 is 1.12 bits per heavy atom. The van der Waals surface area contributed by atoms with Gasteiger partial charge in [0.25, 0.3) is 0 Å². The van der Waals surface area contributed by atoms with Crippen molar-refractivity contribution in [2.75, 3.05) is 53.6 Å². The third-order valence-electron chi connectivity index (χ3n) is 5.43. The molecule has 1 saturated heterocycles. The number of methoxy groups -OCH3 is 2. The first kappa shape index (κ1) is 23.8. The first-order chi connectivity index (χ1) is 15.6. The van der Waals surface area contributed by atoms with Crippen molar-refractivity contribution in [2.24, 2.45) is 4.99 Å². The molecule has 1 fully saturated rings. The number of rotatable bonds is 9. The zero-order valence-electron chi connectivity index (χ0n) is 19.6. The number of nitrogens with one attached hydrogen (secondary N) is 2. The van der Waals surface area contributed by atoms with Gasteiger partial charge in [-0.25, -0.2) is 4.99 Å². The molecule has 0 bridgehead atoms. The normalized spacial score (nSPS) is 15.8. The van der Waals surface area contributed by atoms with Gasteiger partial charge in [0.15, 0.2) is 17.5 Å². The second kappa shape index (κ2) is 12.3. The fraction of sp³-hybridized carbons (Fsp3) is 0.500. The highest BCUT2D eigenvalue weighted by molar-refractivity contribution is 5.79. The first-order valence-corrected chi connectivity index (χ1v) is 11.1. The molecule has 1 unspecified atom stereocenters. The Labute approximate surface area is 191 Å². The van der Waals surface area contributed by atoms with Crippen LogP contribution in [0.2, 0.25) is 0 Å². The van der Waals surface area contributed by atoms with Crippen molar-refractivity contribution in [1.29, 1.82) is 0 Å². The van der Waals surface area contributed by atoms with Crippen LogP contribution in [0.3, 0.4) is 0 Å². The van der Waals surface area contributed by atoms with Crippen molar-refractivity contribution in [3.05, 3.63) is 53.3 Å². The van der Waals surface area contributed by atoms with Gasteiger partial charge in [0, 0.05) is 31.9 Å². The van der Waals surface area contributed by atoms with Crippen LogP contribution in [0.1, 0.15) is 29.9 Å². The minimum absolute atomic E-state index is 0.139. The molecule has 0 spiro atoms. The Morgan fingerprint density at radius 2 is 1.91 bits per heavy atom. The summed E-state index contributed by atoms with van der Waals surface area (Å²) in [5.41, 5.74) is 3.11. The summed E-state index contributed by atoms with van der Waals surface area (Å²) in [5, 5.41) is 6.87. The second-order valence-electron chi connectivity index (χ2n) is 7.62. The van der Waals surface area contributed by atoms with Gasteiger partial charge in [-0.15, -0.1) is 0 Å². The van der Waals surface area contributed by atoms with E-state index in [1.165, 1.54) is 0 Å². The summed E-state index contributed by atoms with van der Waals surface area (Å²) >= 11 is 0. The molecule has 1 aliphatic heterocycles. The Morgan fingerprint density at radius 3 is 2.59 bits per heavy atom. The molecule has 32 heavy (non-hydrogen) atoms. The molecule has 3 rings (SSSR count). The SMILES string of the molecule is CCNC(=NCc1cccc(C)n1)NCC(c1ccc(OC)c(OC)c1)N1CCOCC1. The van der Waals surface area contributed by atoms with Gasteiger partial charge in [0.1, 0.15) is 0 Å². The molecular formula is C24H35N5O3. The van der Waals surface area contributed by atoms with Crippen molar-refractivity contribution in [3.8, 4) is 11.5 Å². The number of hydrogen-bond acceptors (Lipinski definition) is 6. The molecule has 0 saturated carbocycles. The maximum Gasteiger partial charge on any atom is 0.191 e. The molecule has 8 nitrogen and oxygen atoms in total. The molecule has 2 aromatic rings. The highest BCUT2D eigenvalue weighted by Gasteiger charge is 2.24. The number of aliphatic imine (C=N–C) groups is 1. The van der Waals surface area contributed by atoms with E-state index < -0.39 is 0 Å². The van der Waals surface area contributed by atoms with E-state index in [1.807, 2.05) is 31.2 Å². The number of guanidine groups is 1. The third kappa shape index (κ3) is 6.58. The molecule has 2 N–H and O–H groups in total. The number of aryl methyl sites for hydroxylation is 1. The van der Waals surface area contributed by atoms with Crippen LogP contribution in [-0.4, -0.2) is 69.5 Å². The Balaban J connectivity index is 1.77. The van der Waals surface area contributed by atoms with Gasteiger partial charge in [-0.3, -0.25) is 9.88 Å². The van der Waals surface area contributed by atoms with E-state index in [2.05, 4.69) is 39.6 Å². The zero-order valence-corrected chi connectivity index (χ0v) is 19.6. The van der Waals surface area contributed by atoms with Crippen LogP contribution in [0.15, 0.2) is 41.4 Å². The van der Waals surface area contributed by atoms with E-state index in [1.54, 1.807) is 14.2 Å². The predicted octanol–water partition coefficient (Wildman–Crippen LogP) is 2.54. The molecule has 0 aliphatic carbocycles. The molecular weight excluding hydrogens is 406 g/mol. The van der Waals surface area contributed by atoms with E-state index in [0.29, 0.717) is 13.1 Å². The van der Waals surface area contributed by atoms with Crippen molar-refractivity contribution >= 4 is 5.96 Å². The average molecular weight is 442 g/mol. The number of ether oxygens (including phenoxy) is 3. The highest BCUT2D eigenvalue weighted by atomic mass is 16.5. The maximum atomic E-state index is 5.58. The zero-order chi connectivity index (χ0) is 22.8. The quantitative estimate of drug-likeness (QED) is 0.457. The Hall–Kier alpha value is -2.84. The van der Waals surface area contributed by atoms with E-state index >= 15 is 0 Å². The maximum absolute atomic E-state index is 5.58. The lowest BCUT2D eigenvalue weighted by Crippen LogP contribution is -2.46. The van der Waals surface area contributed by atoms with E-state index in [-0.39, 0.29) is 6.04 Å². The predicted molar refractivity (Wildman–Crippen MR) is 126 cm³/mol. The van der Waals surface area contributed by atoms with E-state index in [4.69, 9.17) is 19.2 Å². The van der Waals surface area contributed by atoms with Gasteiger partial charge in [-0.05, 0) is 43.7 Å². The van der Waals surface area contributed by atoms with Gasteiger partial charge in [0.05, 0.1) is 45.7 Å². The first-order valence-electron chi connectivity index (χ1n) is 11.1. The fourth-order valence-electron chi connectivity index (χ4n) is 3.79. The minimum Gasteiger partial charge on any atom is -0.493 e. The lowest BCUT2D eigenvalue weighted by Gasteiger charge is -2.35. The fourth-order valence-corrected chi connectivity index (χ4v) is 3.79. The number of pyridine rings is 1. The van der Waals surface area contributed by atoms with Gasteiger partial charge >= 0.3 is 0 Å². The van der Waals surface area contributed by atoms with Crippen LogP contribution in [0.25, 0.3) is 0 Å². The van der Waals surface area contributed by atoms with Gasteiger partial charge < -0.3 is 24.8 Å². The molecule has 1 aliphatic rings. The van der Waals surface area contributed by atoms with Crippen LogP contribution < -0.4 is 20.1 Å². The molecule has 0 radical (unpaired) electrons. The summed E-state index contributed by atoms with van der Waals surface area (Å²) in [7, 11) is 3.32. The van der Waals surface area contributed by atoms with Crippen LogP contribution in [0.4, 0.5) is 0 Å². The Bertz CT molecular complexity index is 884. The van der Waals surface area contributed by atoms with Crippen molar-refractivity contribution in [3.63, 3.8) is 0 Å². The lowest BCUT2D eigenvalue weighted by molar-refractivity contribution is 0.0169. The minimum atomic E-state index is 0.139. The average Bonchev–Trinajstić information content (AvgIpc) is 2.83. The molecule has 2 heterocycles. The molecule has 174 valence electrons. The summed E-state index contributed by atoms with van der Waals surface area (Å²) in [5.74, 6) is 2.23. The molecule has 1 aromatic carbocycles. The standard InChI is InChI=1S/C24H35N5O3/c1-5-25-24(26-16-20-8-6-7-18(2)28-20)27-17-21(29-11-13-32-14-12-29)19-9-10-22(30-3)23(15-19)31-4/h6-10,15,21H,5,11-14,16-17H2,1-4H3,(H2,25,26,27). The Kier molecular flexibility index (Phi) is 9.13. The second-order valence-corrected chi connectivity index (χ2v) is 7.62. The molecule has 1 atom stereocenters. The van der Waals surface area contributed by atoms with Gasteiger partial charge in [0.2, 0.25) is 0 Å². The lowest BCUT2D eigenvalue weighted by atomic mass is 10.0. The topological polar surface area (TPSA) is 80.2 Å². The molecule has 8 heteroatoms. The van der Waals surface area contributed by atoms with E-state index in [0.717, 1.165) is 67.3 Å². The van der Waals surface area contributed by atoms with Crippen LogP contribution in [-0.2, 0) is 11.3 Å². The third-order valence-corrected chi connectivity index (χ3v) is 5.43. The van der Waals surface area contributed by atoms with Crippen LogP contribution in [0.5, 0.6) is 11.5 Å². The number of morpholine rings is 1. The summed E-state index contributed by atoms with van der Waals surface area (Å²) in [6.07, 6.45) is 0. The highest BCUT2D eigenvalue weighted by Crippen LogP contribution is 2.32. The number of hydrogen-bond donors (Lipinski definition) is 2. The largest absolute Gasteiger partial charge is 0.493 e. The molecule has 0 amide bonds. The summed E-state index contributed by atoms with van der Waals surface area (Å²) in [4.78, 5) is 11.7. The van der Waals surface area contributed by atoms with Gasteiger partial charge in [-0.2, -0.15) is 0 Å². The number of aromatic nitrogens is 1. The van der Waals surface area contributed by atoms with Crippen molar-refractivity contribution in [2.45, 2.75) is 26.4 Å². The van der Waals surface area contributed by atoms with Crippen LogP contribution >= 0.6 is 0 Å². The summed E-state index contributed by atoms with van der Waals surface area (Å²) in [6.45, 7) is 9.28. The monoisotopic (exact) mass is 441 g/mol. The smallest absolute Gasteiger partial charge is 0.191 e. The van der Waals surface area contributed by atoms with Crippen molar-refractivity contribution < 1.29 is 14.2 Å². The number of nitrogens with zero attached hydrogens (tertiary/aromatic N) is 3. The summed E-state index contributed by atoms with van der Waals surface area (Å²) in [6, 6.07) is 12.3. The number of benzene rings is 1. The van der Waals surface area contributed by atoms with Crippen molar-refractivity contribution in [1.82, 2.24) is 20.5 Å². The summed E-state index contributed by atoms with van der Waals surface area (Å²) < 4.78 is 16.5. The van der Waals surface area contributed by atoms with E-state index in [9.17, 15) is 0 Å². The van der Waals surface area contributed by atoms with Gasteiger partial charge in [-0.1, -0.05) is 12.1 Å². The van der Waals surface area contributed by atoms with Crippen LogP contribution in [0, 0.1) is 6.92 Å².